The zero-order valence-corrected chi connectivity index (χ0v) is 11.3. The topological polar surface area (TPSA) is 22.1 Å². The molecule has 1 heterocycles. The molecule has 0 aliphatic carbocycles. The number of hydrogen-bond donors (Lipinski definition) is 0. The van der Waals surface area contributed by atoms with Gasteiger partial charge in [0.2, 0.25) is 0 Å². The van der Waals surface area contributed by atoms with Crippen LogP contribution in [-0.4, -0.2) is 4.98 Å². The van der Waals surface area contributed by atoms with E-state index in [0.29, 0.717) is 17.5 Å². The van der Waals surface area contributed by atoms with E-state index in [2.05, 4.69) is 31.0 Å². The third-order valence-electron chi connectivity index (χ3n) is 2.79. The lowest BCUT2D eigenvalue weighted by Crippen LogP contribution is -1.91. The number of pyridine rings is 1. The Morgan fingerprint density at radius 2 is 1.89 bits per heavy atom. The summed E-state index contributed by atoms with van der Waals surface area (Å²) < 4.78 is 5.79. The number of nitrogens with zero attached hydrogens (tertiary/aromatic N) is 1. The van der Waals surface area contributed by atoms with Crippen molar-refractivity contribution in [2.75, 3.05) is 0 Å². The van der Waals surface area contributed by atoms with Crippen molar-refractivity contribution in [2.24, 2.45) is 0 Å². The van der Waals surface area contributed by atoms with Gasteiger partial charge in [0.25, 0.3) is 0 Å². The van der Waals surface area contributed by atoms with Crippen LogP contribution in [0.5, 0.6) is 11.5 Å². The maximum absolute atomic E-state index is 5.86. The van der Waals surface area contributed by atoms with Crippen molar-refractivity contribution in [3.63, 3.8) is 0 Å². The molecule has 0 aliphatic rings. The summed E-state index contributed by atoms with van der Waals surface area (Å²) in [6.45, 7) is 4.34. The van der Waals surface area contributed by atoms with Gasteiger partial charge in [-0.15, -0.1) is 11.6 Å². The Labute approximate surface area is 113 Å². The van der Waals surface area contributed by atoms with Gasteiger partial charge in [0.1, 0.15) is 11.5 Å². The van der Waals surface area contributed by atoms with E-state index in [1.807, 2.05) is 18.2 Å². The Balaban J connectivity index is 2.18. The predicted octanol–water partition coefficient (Wildman–Crippen LogP) is 4.74. The molecule has 3 heteroatoms. The molecule has 94 valence electrons. The maximum Gasteiger partial charge on any atom is 0.150 e. The monoisotopic (exact) mass is 261 g/mol. The molecule has 0 unspecified atom stereocenters. The summed E-state index contributed by atoms with van der Waals surface area (Å²) in [5.74, 6) is 2.46. The normalized spacial score (nSPS) is 10.7. The molecular formula is C15H16ClNO. The van der Waals surface area contributed by atoms with Crippen LogP contribution in [0, 0.1) is 0 Å². The smallest absolute Gasteiger partial charge is 0.150 e. The molecule has 0 spiro atoms. The highest BCUT2D eigenvalue weighted by molar-refractivity contribution is 6.17. The van der Waals surface area contributed by atoms with Crippen LogP contribution >= 0.6 is 11.6 Å². The van der Waals surface area contributed by atoms with Crippen molar-refractivity contribution in [1.29, 1.82) is 0 Å². The predicted molar refractivity (Wildman–Crippen MR) is 74.4 cm³/mol. The van der Waals surface area contributed by atoms with Gasteiger partial charge < -0.3 is 4.74 Å². The van der Waals surface area contributed by atoms with Crippen molar-refractivity contribution in [2.45, 2.75) is 25.6 Å². The van der Waals surface area contributed by atoms with E-state index >= 15 is 0 Å². The van der Waals surface area contributed by atoms with Crippen LogP contribution in [0.25, 0.3) is 0 Å². The molecule has 2 aromatic rings. The van der Waals surface area contributed by atoms with Crippen LogP contribution in [0.3, 0.4) is 0 Å². The third kappa shape index (κ3) is 3.02. The average molecular weight is 262 g/mol. The molecule has 0 bridgehead atoms. The average Bonchev–Trinajstić information content (AvgIpc) is 2.40. The fourth-order valence-corrected chi connectivity index (χ4v) is 1.88. The Morgan fingerprint density at radius 3 is 2.50 bits per heavy atom. The Morgan fingerprint density at radius 1 is 1.17 bits per heavy atom. The first-order valence-corrected chi connectivity index (χ1v) is 6.51. The molecule has 0 radical (unpaired) electrons. The standard InChI is InChI=1S/C15H16ClNO/c1-11(2)12-3-5-14(6-4-12)18-15-10-17-8-7-13(15)9-16/h3-8,10-11H,9H2,1-2H3. The van der Waals surface area contributed by atoms with E-state index in [9.17, 15) is 0 Å². The fourth-order valence-electron chi connectivity index (χ4n) is 1.66. The molecule has 0 atom stereocenters. The Hall–Kier alpha value is -1.54. The zero-order chi connectivity index (χ0) is 13.0. The molecule has 1 aromatic carbocycles. The quantitative estimate of drug-likeness (QED) is 0.742. The minimum Gasteiger partial charge on any atom is -0.455 e. The highest BCUT2D eigenvalue weighted by atomic mass is 35.5. The highest BCUT2D eigenvalue weighted by Crippen LogP contribution is 2.26. The van der Waals surface area contributed by atoms with Gasteiger partial charge in [0.05, 0.1) is 12.1 Å². The number of benzene rings is 1. The largest absolute Gasteiger partial charge is 0.455 e. The van der Waals surface area contributed by atoms with Gasteiger partial charge in [-0.1, -0.05) is 26.0 Å². The summed E-state index contributed by atoms with van der Waals surface area (Å²) >= 11 is 5.86. The van der Waals surface area contributed by atoms with Gasteiger partial charge in [-0.2, -0.15) is 0 Å². The van der Waals surface area contributed by atoms with Gasteiger partial charge in [-0.3, -0.25) is 4.98 Å². The Bertz CT molecular complexity index is 508. The molecule has 0 N–H and O–H groups in total. The lowest BCUT2D eigenvalue weighted by molar-refractivity contribution is 0.475. The van der Waals surface area contributed by atoms with Crippen LogP contribution in [0.1, 0.15) is 30.9 Å². The molecule has 0 saturated carbocycles. The number of rotatable bonds is 4. The van der Waals surface area contributed by atoms with Crippen LogP contribution in [0.4, 0.5) is 0 Å². The third-order valence-corrected chi connectivity index (χ3v) is 3.08. The van der Waals surface area contributed by atoms with Gasteiger partial charge in [-0.25, -0.2) is 0 Å². The number of alkyl halides is 1. The number of ether oxygens (including phenoxy) is 1. The summed E-state index contributed by atoms with van der Waals surface area (Å²) in [5, 5.41) is 0. The molecule has 18 heavy (non-hydrogen) atoms. The van der Waals surface area contributed by atoms with Crippen molar-refractivity contribution in [1.82, 2.24) is 4.98 Å². The van der Waals surface area contributed by atoms with Crippen molar-refractivity contribution < 1.29 is 4.74 Å². The molecule has 0 amide bonds. The van der Waals surface area contributed by atoms with Crippen LogP contribution < -0.4 is 4.74 Å². The van der Waals surface area contributed by atoms with Gasteiger partial charge >= 0.3 is 0 Å². The molecule has 2 nitrogen and oxygen atoms in total. The summed E-state index contributed by atoms with van der Waals surface area (Å²) in [6.07, 6.45) is 3.40. The first-order valence-electron chi connectivity index (χ1n) is 5.97. The van der Waals surface area contributed by atoms with E-state index in [-0.39, 0.29) is 0 Å². The Kier molecular flexibility index (Phi) is 4.21. The molecule has 0 saturated heterocycles. The van der Waals surface area contributed by atoms with E-state index < -0.39 is 0 Å². The highest BCUT2D eigenvalue weighted by Gasteiger charge is 2.04. The second kappa shape index (κ2) is 5.87. The van der Waals surface area contributed by atoms with Crippen LogP contribution in [0.2, 0.25) is 0 Å². The molecule has 0 fully saturated rings. The van der Waals surface area contributed by atoms with Crippen molar-refractivity contribution in [3.8, 4) is 11.5 Å². The second-order valence-corrected chi connectivity index (χ2v) is 4.71. The summed E-state index contributed by atoms with van der Waals surface area (Å²) in [4.78, 5) is 4.05. The van der Waals surface area contributed by atoms with E-state index in [1.54, 1.807) is 12.4 Å². The number of halogens is 1. The van der Waals surface area contributed by atoms with Gasteiger partial charge in [0.15, 0.2) is 0 Å². The van der Waals surface area contributed by atoms with Gasteiger partial charge in [-0.05, 0) is 29.7 Å². The number of hydrogen-bond acceptors (Lipinski definition) is 2. The van der Waals surface area contributed by atoms with Gasteiger partial charge in [0, 0.05) is 11.8 Å². The van der Waals surface area contributed by atoms with Crippen LogP contribution in [0.15, 0.2) is 42.7 Å². The van der Waals surface area contributed by atoms with Crippen molar-refractivity contribution >= 4 is 11.6 Å². The first kappa shape index (κ1) is 12.9. The minimum atomic E-state index is 0.419. The summed E-state index contributed by atoms with van der Waals surface area (Å²) in [5.41, 5.74) is 2.24. The van der Waals surface area contributed by atoms with E-state index in [4.69, 9.17) is 16.3 Å². The summed E-state index contributed by atoms with van der Waals surface area (Å²) in [7, 11) is 0. The van der Waals surface area contributed by atoms with Crippen LogP contribution in [-0.2, 0) is 5.88 Å². The molecule has 1 aromatic heterocycles. The first-order chi connectivity index (χ1) is 8.70. The molecular weight excluding hydrogens is 246 g/mol. The zero-order valence-electron chi connectivity index (χ0n) is 10.6. The lowest BCUT2D eigenvalue weighted by Gasteiger charge is -2.10. The molecule has 2 rings (SSSR count). The summed E-state index contributed by atoms with van der Waals surface area (Å²) in [6, 6.07) is 9.97. The van der Waals surface area contributed by atoms with E-state index in [1.165, 1.54) is 5.56 Å². The van der Waals surface area contributed by atoms with E-state index in [0.717, 1.165) is 11.3 Å². The SMILES string of the molecule is CC(C)c1ccc(Oc2cnccc2CCl)cc1. The fraction of sp³-hybridized carbons (Fsp3) is 0.267. The second-order valence-electron chi connectivity index (χ2n) is 4.44. The lowest BCUT2D eigenvalue weighted by atomic mass is 10.0. The van der Waals surface area contributed by atoms with Crippen molar-refractivity contribution in [3.05, 3.63) is 53.9 Å². The number of aromatic nitrogens is 1. The maximum atomic E-state index is 5.86. The minimum absolute atomic E-state index is 0.419. The molecule has 0 aliphatic heterocycles.